The summed E-state index contributed by atoms with van der Waals surface area (Å²) in [5, 5.41) is 75.1. The van der Waals surface area contributed by atoms with Gasteiger partial charge in [-0.3, -0.25) is 14.4 Å². The minimum atomic E-state index is -0.917. The lowest BCUT2D eigenvalue weighted by molar-refractivity contribution is -0.952. The van der Waals surface area contributed by atoms with E-state index in [0.717, 1.165) is 149 Å². The van der Waals surface area contributed by atoms with Crippen LogP contribution in [0, 0.1) is 17.8 Å². The van der Waals surface area contributed by atoms with Gasteiger partial charge in [-0.25, -0.2) is 0 Å². The molecule has 4 spiro atoms. The minimum Gasteiger partial charge on any atom is -0.504 e. The van der Waals surface area contributed by atoms with Crippen molar-refractivity contribution in [1.29, 1.82) is 0 Å². The molecule has 18 heteroatoms. The number of carbonyl (C=O) groups is 3. The van der Waals surface area contributed by atoms with E-state index < -0.39 is 40.3 Å². The molecule has 8 bridgehead atoms. The topological polar surface area (TPSA) is 230 Å². The predicted molar refractivity (Wildman–Crippen MR) is 360 cm³/mol. The number of Topliss-reactive ketones (excluding diaryl/α,β-unsaturated/α-hetero) is 3. The zero-order valence-corrected chi connectivity index (χ0v) is 57.2. The van der Waals surface area contributed by atoms with E-state index in [0.29, 0.717) is 79.7 Å². The molecule has 520 valence electrons. The summed E-state index contributed by atoms with van der Waals surface area (Å²) in [7, 11) is 16.0. The van der Waals surface area contributed by atoms with Gasteiger partial charge in [-0.1, -0.05) is 50.2 Å². The molecule has 18 atom stereocenters. The second-order valence-electron chi connectivity index (χ2n) is 35.3. The van der Waals surface area contributed by atoms with Crippen molar-refractivity contribution in [2.75, 3.05) is 82.1 Å². The average Bonchev–Trinajstić information content (AvgIpc) is 1.64. The number of ketones is 3. The van der Waals surface area contributed by atoms with E-state index in [-0.39, 0.29) is 84.6 Å². The highest BCUT2D eigenvalue weighted by atomic mass is 16.5. The Balaban J connectivity index is 0.0000000974. The molecule has 97 heavy (non-hydrogen) atoms. The third-order valence-electron chi connectivity index (χ3n) is 30.5. The first kappa shape index (κ1) is 64.7. The molecule has 0 radical (unpaired) electrons. The Hall–Kier alpha value is -5.67. The number of ether oxygens (including phenoxy) is 4. The molecule has 18 nitrogen and oxygen atoms in total. The second-order valence-corrected chi connectivity index (χ2v) is 35.3. The third-order valence-corrected chi connectivity index (χ3v) is 30.5. The zero-order valence-electron chi connectivity index (χ0n) is 57.2. The lowest BCUT2D eigenvalue weighted by Crippen LogP contribution is -2.81. The van der Waals surface area contributed by atoms with Gasteiger partial charge in [-0.05, 0) is 79.3 Å². The molecular weight excluding hydrogens is 1230 g/mol. The summed E-state index contributed by atoms with van der Waals surface area (Å²) in [5.41, 5.74) is 7.77. The molecule has 4 aromatic rings. The fourth-order valence-corrected chi connectivity index (χ4v) is 25.7. The minimum absolute atomic E-state index is 0. The summed E-state index contributed by atoms with van der Waals surface area (Å²) in [6.07, 6.45) is 14.3. The Morgan fingerprint density at radius 2 is 0.938 bits per heavy atom. The van der Waals surface area contributed by atoms with Gasteiger partial charge < -0.3 is 72.6 Å². The molecule has 0 aromatic heterocycles. The van der Waals surface area contributed by atoms with Crippen LogP contribution in [-0.2, 0) is 74.9 Å². The van der Waals surface area contributed by atoms with Crippen LogP contribution < -0.4 is 18.9 Å². The van der Waals surface area contributed by atoms with Crippen LogP contribution in [0.25, 0.3) is 0 Å². The van der Waals surface area contributed by atoms with Crippen molar-refractivity contribution < 1.29 is 87.0 Å². The van der Waals surface area contributed by atoms with Crippen LogP contribution in [0.5, 0.6) is 34.5 Å². The number of carbonyl (C=O) groups excluding carboxylic acids is 3. The average molecular weight is 1330 g/mol. The molecule has 12 unspecified atom stereocenters. The van der Waals surface area contributed by atoms with Gasteiger partial charge in [0.25, 0.3) is 0 Å². The van der Waals surface area contributed by atoms with Crippen molar-refractivity contribution in [3.05, 3.63) is 104 Å². The largest absolute Gasteiger partial charge is 0.504 e. The molecule has 9 aliphatic carbocycles. The van der Waals surface area contributed by atoms with Crippen LogP contribution in [0.2, 0.25) is 0 Å². The maximum Gasteiger partial charge on any atom is 0.174 e. The van der Waals surface area contributed by atoms with Gasteiger partial charge in [-0.2, -0.15) is 0 Å². The number of piperidine rings is 4. The number of aromatic hydroxyl groups is 2. The Morgan fingerprint density at radius 3 is 1.51 bits per heavy atom. The van der Waals surface area contributed by atoms with Gasteiger partial charge >= 0.3 is 0 Å². The highest BCUT2D eigenvalue weighted by Gasteiger charge is 2.79. The number of aliphatic hydroxyl groups excluding tert-OH is 3. The highest BCUT2D eigenvalue weighted by molar-refractivity contribution is 5.91. The van der Waals surface area contributed by atoms with E-state index in [1.807, 2.05) is 18.2 Å². The summed E-state index contributed by atoms with van der Waals surface area (Å²) >= 11 is 0. The molecule has 7 N–H and O–H groups in total. The van der Waals surface area contributed by atoms with Crippen molar-refractivity contribution in [2.24, 2.45) is 17.8 Å². The second kappa shape index (κ2) is 21.0. The first-order valence-corrected chi connectivity index (χ1v) is 36.6. The van der Waals surface area contributed by atoms with E-state index in [4.69, 9.17) is 18.9 Å². The number of phenols is 2. The van der Waals surface area contributed by atoms with Crippen molar-refractivity contribution in [1.82, 2.24) is 0 Å². The molecule has 0 amide bonds. The molecule has 21 rings (SSSR count). The lowest BCUT2D eigenvalue weighted by atomic mass is 9.48. The highest BCUT2D eigenvalue weighted by Crippen LogP contribution is 2.70. The first-order chi connectivity index (χ1) is 45.7. The first-order valence-electron chi connectivity index (χ1n) is 36.6. The number of nitrogens with zero attached hydrogens (tertiary/aromatic N) is 4. The Bertz CT molecular complexity index is 4050. The van der Waals surface area contributed by atoms with Crippen molar-refractivity contribution >= 4 is 17.3 Å². The number of likely N-dealkylation sites (tertiary alicyclic amines) is 4. The van der Waals surface area contributed by atoms with Crippen LogP contribution in [0.3, 0.4) is 0 Å². The van der Waals surface area contributed by atoms with E-state index in [2.05, 4.69) is 67.5 Å². The van der Waals surface area contributed by atoms with Gasteiger partial charge in [0.15, 0.2) is 58.7 Å². The number of benzene rings is 4. The molecular formula is C79H104N4O14+4. The van der Waals surface area contributed by atoms with Crippen LogP contribution in [0.15, 0.2) is 48.5 Å². The predicted octanol–water partition coefficient (Wildman–Crippen LogP) is 6.50. The van der Waals surface area contributed by atoms with E-state index >= 15 is 0 Å². The van der Waals surface area contributed by atoms with Gasteiger partial charge in [0.2, 0.25) is 0 Å². The number of hydrogen-bond donors (Lipinski definition) is 7. The van der Waals surface area contributed by atoms with Crippen molar-refractivity contribution in [3.8, 4) is 34.5 Å². The summed E-state index contributed by atoms with van der Waals surface area (Å²) in [4.78, 5) is 38.0. The van der Waals surface area contributed by atoms with E-state index in [9.17, 15) is 50.1 Å². The normalized spacial score (nSPS) is 41.6. The molecule has 8 heterocycles. The van der Waals surface area contributed by atoms with E-state index in [1.54, 1.807) is 12.1 Å². The maximum absolute atomic E-state index is 12.7. The maximum atomic E-state index is 12.7. The number of phenolic OH excluding ortho intramolecular Hbond substituents is 2. The molecule has 17 aliphatic rings. The Morgan fingerprint density at radius 1 is 0.474 bits per heavy atom. The van der Waals surface area contributed by atoms with Crippen LogP contribution >= 0.6 is 0 Å². The summed E-state index contributed by atoms with van der Waals surface area (Å²) in [5.74, 6) is 5.36. The number of aliphatic hydroxyl groups is 5. The fourth-order valence-electron chi connectivity index (χ4n) is 25.7. The molecule has 8 aliphatic heterocycles. The van der Waals surface area contributed by atoms with Crippen molar-refractivity contribution in [2.45, 2.75) is 230 Å². The smallest absolute Gasteiger partial charge is 0.174 e. The van der Waals surface area contributed by atoms with Gasteiger partial charge in [0.05, 0.1) is 135 Å². The molecule has 5 saturated carbocycles. The Labute approximate surface area is 570 Å². The Kier molecular flexibility index (Phi) is 14.0. The van der Waals surface area contributed by atoms with Gasteiger partial charge in [-0.15, -0.1) is 0 Å². The standard InChI is InChI=1S/C22H29NO4.C19H24NO4.C19H24NO3.C18H21NO3.CH4/c1-23(12-13-3-2-4-13)10-9-21-18-14-5-6-15(24)19(18)27-20(21)16(25)7-8-22(21,26)17(23)11-14;1-20(2)8-7-18-15-11-3-4-12(10-21)16(15)24-17(18)13(22)5-6-19(18,23)14(20)9-11;1-20(2)8-7-19-13-5-6-15(22)18(19)23-17-12(10-21)4-3-11(16(17)19)9-14(13)20;1-19(2)8-7-18-11-4-6-14(21)17(18)22-16-13(20)5-3-10(15(16)18)9-12(11)19;/h5-6,13,16-17,20,25-26H,2-4,7-12H2,1H3;3-4,14,17,21,23H,5-10H2,1-2H3;3-4,13-14,18,21H,5-10H2,1-2H3;3,5,11-12,17H,4,6-9H2,1-2H3;1H4/q;2*+1;;/p+2/t16-,17?,20?,21-,22?,23-;14?,17?,18-,19?;13?,14?,18?,19-;11?,12?,17?,18-;/m1111./s1. The van der Waals surface area contributed by atoms with Crippen LogP contribution in [-0.4, -0.2) is 219 Å². The third kappa shape index (κ3) is 7.97. The van der Waals surface area contributed by atoms with Gasteiger partial charge in [0, 0.05) is 122 Å². The SMILES string of the molecule is C.C[N+]1(C)CC[C@@]23c4c5ccc(CO)c4OC2C(=O)CCC3(O)C1C5.C[N+]1(C)CC[C@@]23c4c5ccc(CO)c4OC2C(=O)CCC3C1C5.C[N+]1(C)CC[C@@]23c4c5ccc(O)c4OC2C(=O)CCC3C1C5.C[N@+]1(CC2CCC2)CC[C@@]23c4c5ccc(O)c4OC2[C@H](O)CCC3(O)C1C5. The van der Waals surface area contributed by atoms with Crippen molar-refractivity contribution in [3.63, 3.8) is 0 Å². The lowest BCUT2D eigenvalue weighted by Gasteiger charge is -2.65. The molecule has 4 aromatic carbocycles. The summed E-state index contributed by atoms with van der Waals surface area (Å²) in [6, 6.07) is 17.0. The zero-order chi connectivity index (χ0) is 66.8. The monoisotopic (exact) mass is 1330 g/mol. The number of likely N-dealkylation sites (N-methyl/N-ethyl adjacent to an activating group) is 4. The summed E-state index contributed by atoms with van der Waals surface area (Å²) < 4.78 is 28.5. The van der Waals surface area contributed by atoms with E-state index in [1.165, 1.54) is 52.6 Å². The number of quaternary nitrogens is 4. The quantitative estimate of drug-likeness (QED) is 0.108. The molecule has 9 fully saturated rings. The van der Waals surface area contributed by atoms with Crippen LogP contribution in [0.4, 0.5) is 0 Å². The number of rotatable bonds is 4. The fraction of sp³-hybridized carbons (Fsp3) is 0.658. The van der Waals surface area contributed by atoms with Crippen LogP contribution in [0.1, 0.15) is 159 Å². The number of hydrogen-bond acceptors (Lipinski definition) is 14. The summed E-state index contributed by atoms with van der Waals surface area (Å²) in [6.45, 7) is 5.11. The van der Waals surface area contributed by atoms with Gasteiger partial charge in [0.1, 0.15) is 40.9 Å². The molecule has 4 saturated heterocycles.